The Kier molecular flexibility index (Phi) is 6.14. The molecule has 1 aliphatic carbocycles. The maximum atomic E-state index is 14.7. The largest absolute Gasteiger partial charge is 0.489 e. The Morgan fingerprint density at radius 2 is 1.73 bits per heavy atom. The van der Waals surface area contributed by atoms with Gasteiger partial charge < -0.3 is 19.3 Å². The van der Waals surface area contributed by atoms with Crippen LogP contribution in [0.4, 0.5) is 4.39 Å². The van der Waals surface area contributed by atoms with E-state index in [0.29, 0.717) is 63.2 Å². The molecule has 0 amide bonds. The molecule has 5 heteroatoms. The van der Waals surface area contributed by atoms with Crippen LogP contribution in [0.25, 0.3) is 0 Å². The lowest BCUT2D eigenvalue weighted by atomic mass is 9.72. The number of ether oxygens (including phenoxy) is 3. The Morgan fingerprint density at radius 3 is 2.40 bits per heavy atom. The Morgan fingerprint density at radius 1 is 1.07 bits per heavy atom. The fourth-order valence-electron chi connectivity index (χ4n) is 4.60. The monoisotopic (exact) mass is 414 g/mol. The van der Waals surface area contributed by atoms with E-state index in [4.69, 9.17) is 14.2 Å². The summed E-state index contributed by atoms with van der Waals surface area (Å²) in [4.78, 5) is 0. The van der Waals surface area contributed by atoms with Gasteiger partial charge in [-0.2, -0.15) is 0 Å². The van der Waals surface area contributed by atoms with Crippen molar-refractivity contribution < 1.29 is 23.7 Å². The highest BCUT2D eigenvalue weighted by molar-refractivity contribution is 5.38. The zero-order valence-corrected chi connectivity index (χ0v) is 17.8. The first-order valence-electron chi connectivity index (χ1n) is 10.9. The summed E-state index contributed by atoms with van der Waals surface area (Å²) in [5.74, 6) is -0.163. The SMILES string of the molecule is Cc1cc(F)c(CC(C)C2(O)CCC3(CC2)OCCO3)cc1OCc1ccccc1. The van der Waals surface area contributed by atoms with Gasteiger partial charge >= 0.3 is 0 Å². The van der Waals surface area contributed by atoms with E-state index in [1.54, 1.807) is 6.07 Å². The number of benzene rings is 2. The molecule has 0 aromatic heterocycles. The molecule has 1 unspecified atom stereocenters. The molecular weight excluding hydrogens is 383 g/mol. The summed E-state index contributed by atoms with van der Waals surface area (Å²) in [7, 11) is 0. The van der Waals surface area contributed by atoms with E-state index in [2.05, 4.69) is 0 Å². The van der Waals surface area contributed by atoms with Gasteiger partial charge in [0, 0.05) is 12.8 Å². The van der Waals surface area contributed by atoms with Gasteiger partial charge in [-0.25, -0.2) is 4.39 Å². The number of aryl methyl sites for hydroxylation is 1. The molecule has 4 rings (SSSR count). The average Bonchev–Trinajstić information content (AvgIpc) is 3.21. The number of rotatable bonds is 6. The summed E-state index contributed by atoms with van der Waals surface area (Å²) >= 11 is 0. The zero-order valence-electron chi connectivity index (χ0n) is 17.8. The smallest absolute Gasteiger partial charge is 0.168 e. The number of hydrogen-bond acceptors (Lipinski definition) is 4. The molecule has 4 nitrogen and oxygen atoms in total. The summed E-state index contributed by atoms with van der Waals surface area (Å²) in [6, 6.07) is 13.2. The van der Waals surface area contributed by atoms with Gasteiger partial charge in [-0.05, 0) is 60.9 Å². The van der Waals surface area contributed by atoms with Crippen molar-refractivity contribution in [3.05, 3.63) is 65.0 Å². The van der Waals surface area contributed by atoms with Crippen LogP contribution in [0.15, 0.2) is 42.5 Å². The van der Waals surface area contributed by atoms with Crippen molar-refractivity contribution in [3.63, 3.8) is 0 Å². The molecule has 2 aromatic carbocycles. The second-order valence-corrected chi connectivity index (χ2v) is 8.80. The van der Waals surface area contributed by atoms with E-state index < -0.39 is 11.4 Å². The maximum absolute atomic E-state index is 14.7. The van der Waals surface area contributed by atoms with Crippen LogP contribution in [0.1, 0.15) is 49.3 Å². The molecule has 0 radical (unpaired) electrons. The van der Waals surface area contributed by atoms with Crippen molar-refractivity contribution in [2.24, 2.45) is 5.92 Å². The molecule has 1 atom stereocenters. The van der Waals surface area contributed by atoms with Crippen LogP contribution in [0, 0.1) is 18.7 Å². The molecule has 1 heterocycles. The van der Waals surface area contributed by atoms with Gasteiger partial charge in [0.2, 0.25) is 0 Å². The first-order chi connectivity index (χ1) is 14.4. The molecule has 2 aliphatic rings. The average molecular weight is 415 g/mol. The minimum Gasteiger partial charge on any atom is -0.489 e. The van der Waals surface area contributed by atoms with Crippen molar-refractivity contribution in [2.75, 3.05) is 13.2 Å². The molecule has 162 valence electrons. The van der Waals surface area contributed by atoms with Gasteiger partial charge in [-0.3, -0.25) is 0 Å². The van der Waals surface area contributed by atoms with E-state index in [1.165, 1.54) is 6.07 Å². The summed E-state index contributed by atoms with van der Waals surface area (Å²) in [6.45, 7) is 5.53. The van der Waals surface area contributed by atoms with Gasteiger partial charge in [0.25, 0.3) is 0 Å². The van der Waals surface area contributed by atoms with Crippen molar-refractivity contribution >= 4 is 0 Å². The predicted octanol–water partition coefficient (Wildman–Crippen LogP) is 4.94. The summed E-state index contributed by atoms with van der Waals surface area (Å²) in [6.07, 6.45) is 3.00. The highest BCUT2D eigenvalue weighted by Crippen LogP contribution is 2.44. The van der Waals surface area contributed by atoms with Crippen molar-refractivity contribution in [1.82, 2.24) is 0 Å². The minimum atomic E-state index is -0.844. The molecule has 0 bridgehead atoms. The van der Waals surface area contributed by atoms with Crippen LogP contribution in [0.5, 0.6) is 5.75 Å². The molecule has 1 saturated heterocycles. The third kappa shape index (κ3) is 4.53. The van der Waals surface area contributed by atoms with Gasteiger partial charge in [0.1, 0.15) is 18.2 Å². The molecule has 30 heavy (non-hydrogen) atoms. The standard InChI is InChI=1S/C25H31FO4/c1-18-14-22(26)21(16-23(18)28-17-20-6-4-3-5-7-20)15-19(2)24(27)8-10-25(11-9-24)29-12-13-30-25/h3-7,14,16,19,27H,8-13,15,17H2,1-2H3. The van der Waals surface area contributed by atoms with Gasteiger partial charge in [-0.15, -0.1) is 0 Å². The van der Waals surface area contributed by atoms with Gasteiger partial charge in [0.05, 0.1) is 18.8 Å². The van der Waals surface area contributed by atoms with Crippen LogP contribution in [-0.2, 0) is 22.5 Å². The normalized spacial score (nSPS) is 20.9. The first-order valence-corrected chi connectivity index (χ1v) is 10.9. The fraction of sp³-hybridized carbons (Fsp3) is 0.520. The summed E-state index contributed by atoms with van der Waals surface area (Å²) in [5, 5.41) is 11.2. The second-order valence-electron chi connectivity index (χ2n) is 8.80. The number of hydrogen-bond donors (Lipinski definition) is 1. The second kappa shape index (κ2) is 8.66. The fourth-order valence-corrected chi connectivity index (χ4v) is 4.60. The minimum absolute atomic E-state index is 0.0876. The van der Waals surface area contributed by atoms with E-state index in [-0.39, 0.29) is 11.7 Å². The molecule has 1 aliphatic heterocycles. The van der Waals surface area contributed by atoms with Crippen molar-refractivity contribution in [1.29, 1.82) is 0 Å². The Balaban J connectivity index is 1.43. The van der Waals surface area contributed by atoms with Crippen molar-refractivity contribution in [2.45, 2.75) is 63.9 Å². The summed E-state index contributed by atoms with van der Waals surface area (Å²) in [5.41, 5.74) is 1.58. The first kappa shape index (κ1) is 21.3. The van der Waals surface area contributed by atoms with Gasteiger partial charge in [-0.1, -0.05) is 37.3 Å². The lowest BCUT2D eigenvalue weighted by molar-refractivity contribution is -0.209. The Bertz CT molecular complexity index is 851. The quantitative estimate of drug-likeness (QED) is 0.727. The van der Waals surface area contributed by atoms with Gasteiger partial charge in [0.15, 0.2) is 5.79 Å². The molecule has 2 aromatic rings. The summed E-state index contributed by atoms with van der Waals surface area (Å²) < 4.78 is 32.2. The molecule has 1 saturated carbocycles. The van der Waals surface area contributed by atoms with Crippen LogP contribution >= 0.6 is 0 Å². The highest BCUT2D eigenvalue weighted by atomic mass is 19.1. The number of aliphatic hydroxyl groups is 1. The lowest BCUT2D eigenvalue weighted by Gasteiger charge is -2.43. The molecule has 1 spiro atoms. The molecular formula is C25H31FO4. The van der Waals surface area contributed by atoms with E-state index in [1.807, 2.05) is 44.2 Å². The van der Waals surface area contributed by atoms with Crippen molar-refractivity contribution in [3.8, 4) is 5.75 Å². The van der Waals surface area contributed by atoms with Crippen LogP contribution < -0.4 is 4.74 Å². The van der Waals surface area contributed by atoms with E-state index >= 15 is 0 Å². The highest BCUT2D eigenvalue weighted by Gasteiger charge is 2.47. The zero-order chi connectivity index (χ0) is 21.2. The number of halogens is 1. The van der Waals surface area contributed by atoms with Crippen LogP contribution in [0.3, 0.4) is 0 Å². The lowest BCUT2D eigenvalue weighted by Crippen LogP contribution is -2.47. The molecule has 1 N–H and O–H groups in total. The van der Waals surface area contributed by atoms with Crippen LogP contribution in [0.2, 0.25) is 0 Å². The third-order valence-corrected chi connectivity index (χ3v) is 6.72. The maximum Gasteiger partial charge on any atom is 0.168 e. The van der Waals surface area contributed by atoms with E-state index in [0.717, 1.165) is 11.1 Å². The Hall–Kier alpha value is -1.95. The topological polar surface area (TPSA) is 47.9 Å². The predicted molar refractivity (Wildman–Crippen MR) is 113 cm³/mol. The third-order valence-electron chi connectivity index (χ3n) is 6.72. The van der Waals surface area contributed by atoms with Crippen LogP contribution in [-0.4, -0.2) is 29.7 Å². The Labute approximate surface area is 178 Å². The van der Waals surface area contributed by atoms with E-state index in [9.17, 15) is 9.50 Å². The molecule has 2 fully saturated rings.